The first kappa shape index (κ1) is 7.58. The molecule has 10 heavy (non-hydrogen) atoms. The lowest BCUT2D eigenvalue weighted by molar-refractivity contribution is -0.129. The summed E-state index contributed by atoms with van der Waals surface area (Å²) >= 11 is 0. The average molecular weight is 141 g/mol. The van der Waals surface area contributed by atoms with Gasteiger partial charge < -0.3 is 4.90 Å². The largest absolute Gasteiger partial charge is 0.345 e. The first-order valence-electron chi connectivity index (χ1n) is 3.70. The summed E-state index contributed by atoms with van der Waals surface area (Å²) in [5, 5.41) is 0. The van der Waals surface area contributed by atoms with E-state index < -0.39 is 0 Å². The third-order valence-electron chi connectivity index (χ3n) is 2.56. The SMILES string of the molecule is CC1C(=O)N(C)CC1(C)C. The lowest BCUT2D eigenvalue weighted by Crippen LogP contribution is -2.21. The molecular weight excluding hydrogens is 126 g/mol. The maximum Gasteiger partial charge on any atom is 0.225 e. The highest BCUT2D eigenvalue weighted by Gasteiger charge is 2.41. The normalized spacial score (nSPS) is 31.4. The monoisotopic (exact) mass is 141 g/mol. The summed E-state index contributed by atoms with van der Waals surface area (Å²) < 4.78 is 0. The standard InChI is InChI=1S/C8H15NO/c1-6-7(10)9(4)5-8(6,2)3/h6H,5H2,1-4H3. The van der Waals surface area contributed by atoms with Crippen LogP contribution in [0.5, 0.6) is 0 Å². The van der Waals surface area contributed by atoms with Crippen molar-refractivity contribution in [2.24, 2.45) is 11.3 Å². The van der Waals surface area contributed by atoms with Crippen LogP contribution < -0.4 is 0 Å². The molecule has 0 aliphatic carbocycles. The first-order chi connectivity index (χ1) is 4.45. The number of hydrogen-bond donors (Lipinski definition) is 0. The lowest BCUT2D eigenvalue weighted by Gasteiger charge is -2.19. The van der Waals surface area contributed by atoms with Gasteiger partial charge >= 0.3 is 0 Å². The molecule has 1 rings (SSSR count). The number of rotatable bonds is 0. The number of likely N-dealkylation sites (tertiary alicyclic amines) is 1. The van der Waals surface area contributed by atoms with E-state index in [2.05, 4.69) is 13.8 Å². The van der Waals surface area contributed by atoms with Crippen LogP contribution in [0.15, 0.2) is 0 Å². The van der Waals surface area contributed by atoms with Crippen LogP contribution in [-0.2, 0) is 4.79 Å². The van der Waals surface area contributed by atoms with E-state index >= 15 is 0 Å². The van der Waals surface area contributed by atoms with Gasteiger partial charge in [-0.25, -0.2) is 0 Å². The van der Waals surface area contributed by atoms with Gasteiger partial charge in [-0.15, -0.1) is 0 Å². The fraction of sp³-hybridized carbons (Fsp3) is 0.875. The zero-order chi connectivity index (χ0) is 7.94. The molecule has 0 radical (unpaired) electrons. The van der Waals surface area contributed by atoms with Gasteiger partial charge in [0.1, 0.15) is 0 Å². The minimum atomic E-state index is 0.172. The maximum atomic E-state index is 11.2. The molecule has 1 aliphatic heterocycles. The average Bonchev–Trinajstić information content (AvgIpc) is 1.95. The van der Waals surface area contributed by atoms with Crippen LogP contribution in [0.2, 0.25) is 0 Å². The third kappa shape index (κ3) is 0.917. The molecule has 0 aromatic rings. The summed E-state index contributed by atoms with van der Waals surface area (Å²) in [5.74, 6) is 0.475. The van der Waals surface area contributed by atoms with Crippen LogP contribution in [0, 0.1) is 11.3 Å². The van der Waals surface area contributed by atoms with Crippen molar-refractivity contribution < 1.29 is 4.79 Å². The fourth-order valence-electron chi connectivity index (χ4n) is 1.49. The molecule has 1 saturated heterocycles. The second-order valence-electron chi connectivity index (χ2n) is 3.90. The van der Waals surface area contributed by atoms with Crippen molar-refractivity contribution in [3.8, 4) is 0 Å². The van der Waals surface area contributed by atoms with Crippen LogP contribution >= 0.6 is 0 Å². The van der Waals surface area contributed by atoms with Crippen LogP contribution in [0.3, 0.4) is 0 Å². The van der Waals surface area contributed by atoms with Gasteiger partial charge in [0.25, 0.3) is 0 Å². The van der Waals surface area contributed by atoms with E-state index in [4.69, 9.17) is 0 Å². The molecule has 0 spiro atoms. The number of carbonyl (C=O) groups is 1. The van der Waals surface area contributed by atoms with Gasteiger partial charge in [-0.3, -0.25) is 4.79 Å². The molecule has 1 atom stereocenters. The highest BCUT2D eigenvalue weighted by molar-refractivity contribution is 5.81. The summed E-state index contributed by atoms with van der Waals surface area (Å²) in [7, 11) is 1.87. The topological polar surface area (TPSA) is 20.3 Å². The Hall–Kier alpha value is -0.530. The highest BCUT2D eigenvalue weighted by atomic mass is 16.2. The van der Waals surface area contributed by atoms with Crippen molar-refractivity contribution in [2.45, 2.75) is 20.8 Å². The van der Waals surface area contributed by atoms with Gasteiger partial charge in [0.15, 0.2) is 0 Å². The molecular formula is C8H15NO. The molecule has 2 nitrogen and oxygen atoms in total. The van der Waals surface area contributed by atoms with E-state index in [1.807, 2.05) is 18.9 Å². The van der Waals surface area contributed by atoms with E-state index in [9.17, 15) is 4.79 Å². The zero-order valence-corrected chi connectivity index (χ0v) is 7.14. The minimum Gasteiger partial charge on any atom is -0.345 e. The maximum absolute atomic E-state index is 11.2. The minimum absolute atomic E-state index is 0.172. The van der Waals surface area contributed by atoms with Crippen molar-refractivity contribution >= 4 is 5.91 Å². The predicted molar refractivity (Wildman–Crippen MR) is 40.6 cm³/mol. The molecule has 2 heteroatoms. The molecule has 1 aliphatic rings. The number of carbonyl (C=O) groups excluding carboxylic acids is 1. The Morgan fingerprint density at radius 3 is 2.20 bits per heavy atom. The molecule has 1 unspecified atom stereocenters. The molecule has 1 fully saturated rings. The van der Waals surface area contributed by atoms with Crippen LogP contribution in [0.4, 0.5) is 0 Å². The van der Waals surface area contributed by atoms with Gasteiger partial charge in [-0.1, -0.05) is 20.8 Å². The van der Waals surface area contributed by atoms with Crippen LogP contribution in [0.1, 0.15) is 20.8 Å². The van der Waals surface area contributed by atoms with Crippen molar-refractivity contribution in [3.63, 3.8) is 0 Å². The summed E-state index contributed by atoms with van der Waals surface area (Å²) in [5.41, 5.74) is 0.172. The molecule has 0 bridgehead atoms. The number of nitrogens with zero attached hydrogens (tertiary/aromatic N) is 1. The quantitative estimate of drug-likeness (QED) is 0.495. The Morgan fingerprint density at radius 1 is 1.60 bits per heavy atom. The second-order valence-corrected chi connectivity index (χ2v) is 3.90. The molecule has 0 aromatic carbocycles. The fourth-order valence-corrected chi connectivity index (χ4v) is 1.49. The Morgan fingerprint density at radius 2 is 2.10 bits per heavy atom. The molecule has 1 amide bonds. The molecule has 0 aromatic heterocycles. The lowest BCUT2D eigenvalue weighted by atomic mass is 9.83. The summed E-state index contributed by atoms with van der Waals surface area (Å²) in [6.07, 6.45) is 0. The number of amides is 1. The van der Waals surface area contributed by atoms with E-state index in [1.165, 1.54) is 0 Å². The van der Waals surface area contributed by atoms with Gasteiger partial charge in [-0.2, -0.15) is 0 Å². The highest BCUT2D eigenvalue weighted by Crippen LogP contribution is 2.34. The van der Waals surface area contributed by atoms with E-state index in [1.54, 1.807) is 0 Å². The van der Waals surface area contributed by atoms with Crippen LogP contribution in [-0.4, -0.2) is 24.4 Å². The van der Waals surface area contributed by atoms with E-state index in [-0.39, 0.29) is 17.2 Å². The first-order valence-corrected chi connectivity index (χ1v) is 3.70. The van der Waals surface area contributed by atoms with Gasteiger partial charge in [0.05, 0.1) is 0 Å². The van der Waals surface area contributed by atoms with Crippen molar-refractivity contribution in [1.29, 1.82) is 0 Å². The predicted octanol–water partition coefficient (Wildman–Crippen LogP) is 1.12. The Bertz CT molecular complexity index is 163. The Balaban J connectivity index is 2.81. The van der Waals surface area contributed by atoms with Gasteiger partial charge in [0.2, 0.25) is 5.91 Å². The smallest absolute Gasteiger partial charge is 0.225 e. The Kier molecular flexibility index (Phi) is 1.50. The van der Waals surface area contributed by atoms with Crippen molar-refractivity contribution in [2.75, 3.05) is 13.6 Å². The van der Waals surface area contributed by atoms with Crippen molar-refractivity contribution in [3.05, 3.63) is 0 Å². The van der Waals surface area contributed by atoms with Crippen LogP contribution in [0.25, 0.3) is 0 Å². The molecule has 0 saturated carbocycles. The molecule has 58 valence electrons. The molecule has 1 heterocycles. The Labute approximate surface area is 62.2 Å². The second kappa shape index (κ2) is 1.97. The van der Waals surface area contributed by atoms with Gasteiger partial charge in [0, 0.05) is 19.5 Å². The molecule has 0 N–H and O–H groups in total. The third-order valence-corrected chi connectivity index (χ3v) is 2.56. The number of hydrogen-bond acceptors (Lipinski definition) is 1. The van der Waals surface area contributed by atoms with Crippen molar-refractivity contribution in [1.82, 2.24) is 4.90 Å². The van der Waals surface area contributed by atoms with E-state index in [0.717, 1.165) is 6.54 Å². The summed E-state index contributed by atoms with van der Waals surface area (Å²) in [4.78, 5) is 13.1. The summed E-state index contributed by atoms with van der Waals surface area (Å²) in [6.45, 7) is 7.18. The van der Waals surface area contributed by atoms with Gasteiger partial charge in [-0.05, 0) is 5.41 Å². The zero-order valence-electron chi connectivity index (χ0n) is 7.14. The van der Waals surface area contributed by atoms with E-state index in [0.29, 0.717) is 0 Å². The summed E-state index contributed by atoms with van der Waals surface area (Å²) in [6, 6.07) is 0.